The molecule has 1 heterocycles. The lowest BCUT2D eigenvalue weighted by molar-refractivity contribution is -0.120. The standard InChI is InChI=1S/C14H20N2O/c17-14-11(7-12-8-15-9-16-12)6-5-10-3-1-2-4-13(10)14/h9,11-12H,1-8H2,(H,15,16). The molecule has 0 spiro atoms. The zero-order valence-corrected chi connectivity index (χ0v) is 10.2. The molecule has 0 fully saturated rings. The summed E-state index contributed by atoms with van der Waals surface area (Å²) in [4.78, 5) is 16.6. The molecule has 1 aliphatic heterocycles. The molecule has 17 heavy (non-hydrogen) atoms. The summed E-state index contributed by atoms with van der Waals surface area (Å²) in [6.07, 6.45) is 9.70. The summed E-state index contributed by atoms with van der Waals surface area (Å²) in [6.45, 7) is 0.843. The summed E-state index contributed by atoms with van der Waals surface area (Å²) < 4.78 is 0. The molecule has 0 amide bonds. The van der Waals surface area contributed by atoms with E-state index in [9.17, 15) is 4.79 Å². The first-order valence-corrected chi connectivity index (χ1v) is 6.84. The minimum Gasteiger partial charge on any atom is -0.372 e. The Kier molecular flexibility index (Phi) is 3.00. The Morgan fingerprint density at radius 1 is 1.29 bits per heavy atom. The average Bonchev–Trinajstić information content (AvgIpc) is 2.86. The van der Waals surface area contributed by atoms with Crippen molar-refractivity contribution in [2.24, 2.45) is 10.9 Å². The highest BCUT2D eigenvalue weighted by Crippen LogP contribution is 2.37. The Morgan fingerprint density at radius 3 is 3.00 bits per heavy atom. The van der Waals surface area contributed by atoms with Crippen LogP contribution in [0.25, 0.3) is 0 Å². The Bertz CT molecular complexity index is 376. The van der Waals surface area contributed by atoms with E-state index in [1.807, 2.05) is 0 Å². The molecule has 3 heteroatoms. The average molecular weight is 232 g/mol. The van der Waals surface area contributed by atoms with Crippen LogP contribution < -0.4 is 5.32 Å². The summed E-state index contributed by atoms with van der Waals surface area (Å²) in [5.41, 5.74) is 2.68. The van der Waals surface area contributed by atoms with Gasteiger partial charge in [0.1, 0.15) is 0 Å². The molecule has 92 valence electrons. The van der Waals surface area contributed by atoms with Gasteiger partial charge >= 0.3 is 0 Å². The molecule has 2 unspecified atom stereocenters. The minimum atomic E-state index is 0.256. The molecule has 2 atom stereocenters. The first-order valence-electron chi connectivity index (χ1n) is 6.84. The summed E-state index contributed by atoms with van der Waals surface area (Å²) in [6, 6.07) is 0.398. The smallest absolute Gasteiger partial charge is 0.161 e. The van der Waals surface area contributed by atoms with Crippen LogP contribution in [0.15, 0.2) is 16.1 Å². The van der Waals surface area contributed by atoms with E-state index in [0.717, 1.165) is 25.8 Å². The Hall–Kier alpha value is -1.12. The third-order valence-corrected chi connectivity index (χ3v) is 4.34. The molecule has 0 saturated heterocycles. The normalized spacial score (nSPS) is 32.6. The van der Waals surface area contributed by atoms with E-state index in [0.29, 0.717) is 11.8 Å². The van der Waals surface area contributed by atoms with Gasteiger partial charge in [0.2, 0.25) is 0 Å². The van der Waals surface area contributed by atoms with Gasteiger partial charge in [-0.2, -0.15) is 0 Å². The lowest BCUT2D eigenvalue weighted by Crippen LogP contribution is -2.33. The molecule has 3 nitrogen and oxygen atoms in total. The number of rotatable bonds is 2. The molecule has 3 rings (SSSR count). The molecule has 2 aliphatic carbocycles. The second-order valence-corrected chi connectivity index (χ2v) is 5.48. The summed E-state index contributed by atoms with van der Waals surface area (Å²) in [5, 5.41) is 3.24. The highest BCUT2D eigenvalue weighted by Gasteiger charge is 2.32. The van der Waals surface area contributed by atoms with Crippen molar-refractivity contribution < 1.29 is 4.79 Å². The van der Waals surface area contributed by atoms with Gasteiger partial charge in [-0.05, 0) is 50.5 Å². The maximum Gasteiger partial charge on any atom is 0.161 e. The minimum absolute atomic E-state index is 0.256. The predicted octanol–water partition coefficient (Wildman–Crippen LogP) is 2.23. The van der Waals surface area contributed by atoms with E-state index < -0.39 is 0 Å². The van der Waals surface area contributed by atoms with Crippen molar-refractivity contribution in [2.75, 3.05) is 6.54 Å². The fourth-order valence-electron chi connectivity index (χ4n) is 3.37. The van der Waals surface area contributed by atoms with Gasteiger partial charge in [0.05, 0.1) is 12.9 Å². The van der Waals surface area contributed by atoms with E-state index >= 15 is 0 Å². The number of allylic oxidation sites excluding steroid dienone is 2. The number of nitrogens with one attached hydrogen (secondary N) is 1. The van der Waals surface area contributed by atoms with Crippen LogP contribution >= 0.6 is 0 Å². The monoisotopic (exact) mass is 232 g/mol. The van der Waals surface area contributed by atoms with Crippen molar-refractivity contribution in [1.82, 2.24) is 5.32 Å². The van der Waals surface area contributed by atoms with Crippen LogP contribution in [0.4, 0.5) is 0 Å². The molecule has 1 N–H and O–H groups in total. The lowest BCUT2D eigenvalue weighted by atomic mass is 9.74. The molecular formula is C14H20N2O. The van der Waals surface area contributed by atoms with Crippen LogP contribution in [0.5, 0.6) is 0 Å². The fraction of sp³-hybridized carbons (Fsp3) is 0.714. The lowest BCUT2D eigenvalue weighted by Gasteiger charge is -2.30. The number of hydrogen-bond donors (Lipinski definition) is 1. The first-order chi connectivity index (χ1) is 8.34. The molecule has 0 radical (unpaired) electrons. The quantitative estimate of drug-likeness (QED) is 0.793. The molecule has 0 aromatic rings. The number of ketones is 1. The third kappa shape index (κ3) is 2.15. The van der Waals surface area contributed by atoms with Crippen LogP contribution in [0.1, 0.15) is 44.9 Å². The zero-order valence-electron chi connectivity index (χ0n) is 10.2. The number of hydrogen-bond acceptors (Lipinski definition) is 3. The Labute approximate surface area is 102 Å². The van der Waals surface area contributed by atoms with E-state index in [1.165, 1.54) is 36.8 Å². The maximum atomic E-state index is 12.4. The summed E-state index contributed by atoms with van der Waals surface area (Å²) in [5.74, 6) is 0.714. The number of carbonyl (C=O) groups excluding carboxylic acids is 1. The maximum absolute atomic E-state index is 12.4. The van der Waals surface area contributed by atoms with Gasteiger partial charge < -0.3 is 5.32 Å². The van der Waals surface area contributed by atoms with Gasteiger partial charge in [-0.15, -0.1) is 0 Å². The SMILES string of the molecule is O=C1C2=C(CCCC2)CCC1CC1CN=CN1. The number of nitrogens with zero attached hydrogens (tertiary/aromatic N) is 1. The summed E-state index contributed by atoms with van der Waals surface area (Å²) in [7, 11) is 0. The molecule has 0 aromatic heterocycles. The van der Waals surface area contributed by atoms with Gasteiger partial charge in [0, 0.05) is 12.0 Å². The second kappa shape index (κ2) is 4.63. The van der Waals surface area contributed by atoms with Gasteiger partial charge in [-0.3, -0.25) is 9.79 Å². The van der Waals surface area contributed by atoms with E-state index in [1.54, 1.807) is 6.34 Å². The number of carbonyl (C=O) groups is 1. The van der Waals surface area contributed by atoms with Crippen LogP contribution in [0.2, 0.25) is 0 Å². The first kappa shape index (κ1) is 11.0. The number of aliphatic imine (C=N–C) groups is 1. The van der Waals surface area contributed by atoms with E-state index in [4.69, 9.17) is 0 Å². The Balaban J connectivity index is 1.68. The number of Topliss-reactive ketones (excluding diaryl/α,β-unsaturated/α-hetero) is 1. The molecule has 0 bridgehead atoms. The predicted molar refractivity (Wildman–Crippen MR) is 68.1 cm³/mol. The second-order valence-electron chi connectivity index (χ2n) is 5.48. The third-order valence-electron chi connectivity index (χ3n) is 4.34. The van der Waals surface area contributed by atoms with Crippen molar-refractivity contribution in [2.45, 2.75) is 51.0 Å². The molecule has 3 aliphatic rings. The highest BCUT2D eigenvalue weighted by atomic mass is 16.1. The van der Waals surface area contributed by atoms with Gasteiger partial charge in [-0.25, -0.2) is 0 Å². The molecule has 0 saturated carbocycles. The highest BCUT2D eigenvalue weighted by molar-refractivity contribution is 5.98. The molecular weight excluding hydrogens is 212 g/mol. The van der Waals surface area contributed by atoms with Crippen molar-refractivity contribution in [3.05, 3.63) is 11.1 Å². The van der Waals surface area contributed by atoms with Crippen LogP contribution in [0.3, 0.4) is 0 Å². The van der Waals surface area contributed by atoms with Crippen molar-refractivity contribution in [1.29, 1.82) is 0 Å². The fourth-order valence-corrected chi connectivity index (χ4v) is 3.37. The van der Waals surface area contributed by atoms with Crippen molar-refractivity contribution >= 4 is 12.1 Å². The Morgan fingerprint density at radius 2 is 2.18 bits per heavy atom. The van der Waals surface area contributed by atoms with Gasteiger partial charge in [0.25, 0.3) is 0 Å². The van der Waals surface area contributed by atoms with Crippen LogP contribution in [-0.2, 0) is 4.79 Å². The van der Waals surface area contributed by atoms with Crippen LogP contribution in [-0.4, -0.2) is 24.7 Å². The van der Waals surface area contributed by atoms with Gasteiger partial charge in [-0.1, -0.05) is 5.57 Å². The largest absolute Gasteiger partial charge is 0.372 e. The van der Waals surface area contributed by atoms with Crippen molar-refractivity contribution in [3.8, 4) is 0 Å². The zero-order chi connectivity index (χ0) is 11.7. The molecule has 0 aromatic carbocycles. The van der Waals surface area contributed by atoms with Gasteiger partial charge in [0.15, 0.2) is 5.78 Å². The van der Waals surface area contributed by atoms with E-state index in [-0.39, 0.29) is 5.92 Å². The topological polar surface area (TPSA) is 41.5 Å². The van der Waals surface area contributed by atoms with Crippen molar-refractivity contribution in [3.63, 3.8) is 0 Å². The van der Waals surface area contributed by atoms with Crippen LogP contribution in [0, 0.1) is 5.92 Å². The van der Waals surface area contributed by atoms with E-state index in [2.05, 4.69) is 10.3 Å². The summed E-state index contributed by atoms with van der Waals surface area (Å²) >= 11 is 0.